The Hall–Kier alpha value is -0.730. The van der Waals surface area contributed by atoms with Gasteiger partial charge < -0.3 is 4.74 Å². The molecule has 0 atom stereocenters. The molecule has 1 aromatic rings. The number of hydrogen-bond acceptors (Lipinski definition) is 2. The van der Waals surface area contributed by atoms with Crippen LogP contribution in [0.2, 0.25) is 0 Å². The predicted octanol–water partition coefficient (Wildman–Crippen LogP) is 3.09. The molecule has 0 bridgehead atoms. The smallest absolute Gasteiger partial charge is 0.308 e. The zero-order valence-corrected chi connectivity index (χ0v) is 8.47. The maximum absolute atomic E-state index is 10.7. The van der Waals surface area contributed by atoms with Gasteiger partial charge in [0.05, 0.1) is 0 Å². The zero-order chi connectivity index (χ0) is 9.84. The lowest BCUT2D eigenvalue weighted by atomic mass is 10.2. The molecule has 0 aliphatic rings. The standard InChI is InChI=1S/C9H8Cl2O2/c1-6(12)13-8-5-3-2-4-7(8)9(10)11/h2-5,9H,1H3. The van der Waals surface area contributed by atoms with Crippen LogP contribution in [0, 0.1) is 0 Å². The van der Waals surface area contributed by atoms with Crippen molar-refractivity contribution in [1.29, 1.82) is 0 Å². The first kappa shape index (κ1) is 10.4. The number of carbonyl (C=O) groups is 1. The molecule has 0 fully saturated rings. The van der Waals surface area contributed by atoms with Gasteiger partial charge in [-0.1, -0.05) is 41.4 Å². The second kappa shape index (κ2) is 4.49. The van der Waals surface area contributed by atoms with Crippen molar-refractivity contribution in [1.82, 2.24) is 0 Å². The highest BCUT2D eigenvalue weighted by atomic mass is 35.5. The largest absolute Gasteiger partial charge is 0.426 e. The molecule has 0 saturated heterocycles. The summed E-state index contributed by atoms with van der Waals surface area (Å²) in [6.07, 6.45) is 0. The van der Waals surface area contributed by atoms with Crippen molar-refractivity contribution >= 4 is 29.2 Å². The second-order valence-corrected chi connectivity index (χ2v) is 3.53. The van der Waals surface area contributed by atoms with Crippen LogP contribution < -0.4 is 4.74 Å². The summed E-state index contributed by atoms with van der Waals surface area (Å²) in [4.78, 5) is 9.99. The van der Waals surface area contributed by atoms with Crippen LogP contribution in [0.15, 0.2) is 24.3 Å². The summed E-state index contributed by atoms with van der Waals surface area (Å²) in [6.45, 7) is 1.33. The number of hydrogen-bond donors (Lipinski definition) is 0. The third-order valence-electron chi connectivity index (χ3n) is 1.41. The number of para-hydroxylation sites is 1. The van der Waals surface area contributed by atoms with Crippen LogP contribution in [0.1, 0.15) is 17.3 Å². The van der Waals surface area contributed by atoms with Crippen molar-refractivity contribution in [2.75, 3.05) is 0 Å². The van der Waals surface area contributed by atoms with Crippen molar-refractivity contribution in [3.05, 3.63) is 29.8 Å². The third-order valence-corrected chi connectivity index (χ3v) is 1.88. The van der Waals surface area contributed by atoms with Crippen LogP contribution in [-0.4, -0.2) is 5.97 Å². The molecule has 70 valence electrons. The minimum absolute atomic E-state index is 0.388. The molecule has 0 unspecified atom stereocenters. The van der Waals surface area contributed by atoms with Gasteiger partial charge in [-0.25, -0.2) is 0 Å². The predicted molar refractivity (Wildman–Crippen MR) is 52.2 cm³/mol. The number of carbonyl (C=O) groups excluding carboxylic acids is 1. The summed E-state index contributed by atoms with van der Waals surface area (Å²) in [5.74, 6) is 0.0198. The van der Waals surface area contributed by atoms with E-state index >= 15 is 0 Å². The first-order valence-electron chi connectivity index (χ1n) is 3.66. The van der Waals surface area contributed by atoms with Gasteiger partial charge in [0.1, 0.15) is 10.6 Å². The van der Waals surface area contributed by atoms with E-state index in [1.807, 2.05) is 0 Å². The quantitative estimate of drug-likeness (QED) is 0.434. The minimum Gasteiger partial charge on any atom is -0.426 e. The molecule has 1 aromatic carbocycles. The molecule has 0 aromatic heterocycles. The van der Waals surface area contributed by atoms with E-state index in [-0.39, 0.29) is 5.97 Å². The molecule has 2 nitrogen and oxygen atoms in total. The van der Waals surface area contributed by atoms with Crippen molar-refractivity contribution in [3.8, 4) is 5.75 Å². The SMILES string of the molecule is CC(=O)Oc1ccccc1C(Cl)Cl. The molecular weight excluding hydrogens is 211 g/mol. The number of ether oxygens (including phenoxy) is 1. The average molecular weight is 219 g/mol. The lowest BCUT2D eigenvalue weighted by molar-refractivity contribution is -0.131. The van der Waals surface area contributed by atoms with Crippen LogP contribution in [0.4, 0.5) is 0 Å². The Morgan fingerprint density at radius 1 is 1.38 bits per heavy atom. The average Bonchev–Trinajstić information content (AvgIpc) is 2.03. The van der Waals surface area contributed by atoms with Gasteiger partial charge in [-0.2, -0.15) is 0 Å². The lowest BCUT2D eigenvalue weighted by Crippen LogP contribution is -2.03. The van der Waals surface area contributed by atoms with Gasteiger partial charge in [-0.05, 0) is 6.07 Å². The van der Waals surface area contributed by atoms with E-state index in [4.69, 9.17) is 27.9 Å². The Kier molecular flexibility index (Phi) is 3.58. The van der Waals surface area contributed by atoms with Crippen LogP contribution >= 0.6 is 23.2 Å². The minimum atomic E-state index is -0.685. The normalized spacial score (nSPS) is 10.2. The van der Waals surface area contributed by atoms with Gasteiger partial charge in [0.25, 0.3) is 0 Å². The van der Waals surface area contributed by atoms with Gasteiger partial charge >= 0.3 is 5.97 Å². The highest BCUT2D eigenvalue weighted by Gasteiger charge is 2.11. The fourth-order valence-electron chi connectivity index (χ4n) is 0.909. The summed E-state index contributed by atoms with van der Waals surface area (Å²) in [6, 6.07) is 6.88. The molecule has 0 aliphatic carbocycles. The molecule has 13 heavy (non-hydrogen) atoms. The first-order valence-corrected chi connectivity index (χ1v) is 4.54. The molecule has 0 heterocycles. The topological polar surface area (TPSA) is 26.3 Å². The molecule has 4 heteroatoms. The van der Waals surface area contributed by atoms with Gasteiger partial charge in [-0.3, -0.25) is 4.79 Å². The maximum Gasteiger partial charge on any atom is 0.308 e. The Morgan fingerprint density at radius 2 is 2.00 bits per heavy atom. The molecule has 0 aliphatic heterocycles. The van der Waals surface area contributed by atoms with Gasteiger partial charge in [0, 0.05) is 12.5 Å². The summed E-state index contributed by atoms with van der Waals surface area (Å²) >= 11 is 11.3. The molecular formula is C9H8Cl2O2. The van der Waals surface area contributed by atoms with Crippen LogP contribution in [-0.2, 0) is 4.79 Å². The highest BCUT2D eigenvalue weighted by molar-refractivity contribution is 6.44. The Bertz CT molecular complexity index is 310. The van der Waals surface area contributed by atoms with E-state index < -0.39 is 4.84 Å². The number of alkyl halides is 2. The van der Waals surface area contributed by atoms with Gasteiger partial charge in [0.15, 0.2) is 0 Å². The Labute approximate surface area is 86.4 Å². The fraction of sp³-hybridized carbons (Fsp3) is 0.222. The van der Waals surface area contributed by atoms with E-state index in [9.17, 15) is 4.79 Å². The number of rotatable bonds is 2. The molecule has 0 amide bonds. The summed E-state index contributed by atoms with van der Waals surface area (Å²) < 4.78 is 4.90. The molecule has 0 radical (unpaired) electrons. The van der Waals surface area contributed by atoms with Crippen LogP contribution in [0.25, 0.3) is 0 Å². The second-order valence-electron chi connectivity index (χ2n) is 2.43. The van der Waals surface area contributed by atoms with E-state index in [2.05, 4.69) is 0 Å². The third kappa shape index (κ3) is 2.90. The van der Waals surface area contributed by atoms with E-state index in [1.165, 1.54) is 6.92 Å². The monoisotopic (exact) mass is 218 g/mol. The lowest BCUT2D eigenvalue weighted by Gasteiger charge is -2.08. The summed E-state index contributed by atoms with van der Waals surface area (Å²) in [5, 5.41) is 0. The maximum atomic E-state index is 10.7. The fourth-order valence-corrected chi connectivity index (χ4v) is 1.27. The van der Waals surface area contributed by atoms with E-state index in [0.717, 1.165) is 0 Å². The molecule has 1 rings (SSSR count). The van der Waals surface area contributed by atoms with E-state index in [1.54, 1.807) is 24.3 Å². The number of halogens is 2. The summed E-state index contributed by atoms with van der Waals surface area (Å²) in [7, 11) is 0. The Balaban J connectivity index is 2.97. The number of esters is 1. The number of benzene rings is 1. The molecule has 0 spiro atoms. The zero-order valence-electron chi connectivity index (χ0n) is 6.96. The van der Waals surface area contributed by atoms with Gasteiger partial charge in [0.2, 0.25) is 0 Å². The van der Waals surface area contributed by atoms with Crippen LogP contribution in [0.5, 0.6) is 5.75 Å². The van der Waals surface area contributed by atoms with Crippen LogP contribution in [0.3, 0.4) is 0 Å². The molecule has 0 N–H and O–H groups in total. The highest BCUT2D eigenvalue weighted by Crippen LogP contribution is 2.32. The molecule has 0 saturated carbocycles. The Morgan fingerprint density at radius 3 is 2.54 bits per heavy atom. The first-order chi connectivity index (χ1) is 6.11. The van der Waals surface area contributed by atoms with Crippen molar-refractivity contribution < 1.29 is 9.53 Å². The summed E-state index contributed by atoms with van der Waals surface area (Å²) in [5.41, 5.74) is 0.598. The van der Waals surface area contributed by atoms with Crippen molar-refractivity contribution in [2.45, 2.75) is 11.8 Å². The van der Waals surface area contributed by atoms with Gasteiger partial charge in [-0.15, -0.1) is 0 Å². The van der Waals surface area contributed by atoms with E-state index in [0.29, 0.717) is 11.3 Å². The van der Waals surface area contributed by atoms with Crippen molar-refractivity contribution in [3.63, 3.8) is 0 Å². The van der Waals surface area contributed by atoms with Crippen molar-refractivity contribution in [2.24, 2.45) is 0 Å².